The summed E-state index contributed by atoms with van der Waals surface area (Å²) in [7, 11) is 0. The number of aryl methyl sites for hydroxylation is 2. The average Bonchev–Trinajstić information content (AvgIpc) is 2.94. The van der Waals surface area contributed by atoms with E-state index in [4.69, 9.17) is 0 Å². The van der Waals surface area contributed by atoms with Crippen LogP contribution < -0.4 is 29.3 Å². The fourth-order valence-corrected chi connectivity index (χ4v) is 5.86. The smallest absolute Gasteiger partial charge is 0.548 e. The zero-order valence-electron chi connectivity index (χ0n) is 24.7. The van der Waals surface area contributed by atoms with Gasteiger partial charge in [-0.25, -0.2) is 0 Å². The molecule has 2 aromatic rings. The molecule has 0 radical (unpaired) electrons. The second-order valence-electron chi connectivity index (χ2n) is 10.6. The van der Waals surface area contributed by atoms with Crippen LogP contribution in [0.5, 0.6) is 0 Å². The average molecular weight is 559 g/mol. The zero-order chi connectivity index (χ0) is 28.2. The molecule has 1 atom stereocenters. The van der Waals surface area contributed by atoms with Crippen LogP contribution in [0.25, 0.3) is 11.1 Å². The molecule has 0 bridgehead atoms. The molecule has 40 heavy (non-hydrogen) atoms. The van der Waals surface area contributed by atoms with Gasteiger partial charge in [-0.1, -0.05) is 69.0 Å². The molecule has 1 unspecified atom stereocenters. The van der Waals surface area contributed by atoms with E-state index in [2.05, 4.69) is 17.1 Å². The number of aliphatic carboxylic acids is 1. The summed E-state index contributed by atoms with van der Waals surface area (Å²) in [6.07, 6.45) is 11.1. The van der Waals surface area contributed by atoms with E-state index in [-0.39, 0.29) is 24.8 Å². The van der Waals surface area contributed by atoms with E-state index in [1.54, 1.807) is 6.07 Å². The van der Waals surface area contributed by atoms with E-state index in [0.29, 0.717) is 36.6 Å². The van der Waals surface area contributed by atoms with E-state index in [9.17, 15) is 19.5 Å². The maximum absolute atomic E-state index is 13.4. The van der Waals surface area contributed by atoms with E-state index >= 15 is 0 Å². The maximum Gasteiger partial charge on any atom is 1.00 e. The van der Waals surface area contributed by atoms with Crippen molar-refractivity contribution in [2.75, 3.05) is 18.6 Å². The number of nitrogens with zero attached hydrogens (tertiary/aromatic N) is 1. The molecular formula is C32H43LiN2O4S. The molecule has 0 saturated heterocycles. The van der Waals surface area contributed by atoms with Crippen molar-refractivity contribution in [3.63, 3.8) is 0 Å². The minimum Gasteiger partial charge on any atom is -0.548 e. The first-order chi connectivity index (χ1) is 18.8. The van der Waals surface area contributed by atoms with Gasteiger partial charge >= 0.3 is 18.9 Å². The van der Waals surface area contributed by atoms with Gasteiger partial charge in [0.1, 0.15) is 0 Å². The Labute approximate surface area is 256 Å². The Kier molecular flexibility index (Phi) is 14.9. The van der Waals surface area contributed by atoms with Gasteiger partial charge in [0.25, 0.3) is 5.91 Å². The predicted octanol–water partition coefficient (Wildman–Crippen LogP) is 2.16. The molecule has 0 spiro atoms. The minimum atomic E-state index is -1.28. The molecule has 2 amide bonds. The van der Waals surface area contributed by atoms with E-state index in [1.165, 1.54) is 31.0 Å². The van der Waals surface area contributed by atoms with Gasteiger partial charge in [0, 0.05) is 24.6 Å². The first-order valence-corrected chi connectivity index (χ1v) is 15.7. The van der Waals surface area contributed by atoms with Crippen LogP contribution in [0.15, 0.2) is 42.5 Å². The van der Waals surface area contributed by atoms with E-state index in [1.807, 2.05) is 49.6 Å². The van der Waals surface area contributed by atoms with Crippen molar-refractivity contribution in [2.24, 2.45) is 0 Å². The molecule has 1 aliphatic carbocycles. The summed E-state index contributed by atoms with van der Waals surface area (Å²) in [5, 5.41) is 14.3. The van der Waals surface area contributed by atoms with Gasteiger partial charge in [0.05, 0.1) is 12.0 Å². The molecule has 2 aromatic carbocycles. The topological polar surface area (TPSA) is 89.5 Å². The second kappa shape index (κ2) is 17.6. The first kappa shape index (κ1) is 34.0. The van der Waals surface area contributed by atoms with Gasteiger partial charge in [-0.15, -0.1) is 0 Å². The molecule has 3 rings (SSSR count). The molecule has 8 heteroatoms. The minimum absolute atomic E-state index is 0. The van der Waals surface area contributed by atoms with E-state index < -0.39 is 17.9 Å². The number of carboxylic acids is 1. The third-order valence-corrected chi connectivity index (χ3v) is 8.32. The summed E-state index contributed by atoms with van der Waals surface area (Å²) in [5.74, 6) is -0.905. The van der Waals surface area contributed by atoms with Crippen molar-refractivity contribution in [3.05, 3.63) is 59.2 Å². The number of unbranched alkanes of at least 4 members (excludes halogenated alkanes) is 1. The van der Waals surface area contributed by atoms with Crippen molar-refractivity contribution in [1.29, 1.82) is 0 Å². The van der Waals surface area contributed by atoms with Crippen LogP contribution in [-0.2, 0) is 16.0 Å². The van der Waals surface area contributed by atoms with Crippen molar-refractivity contribution in [3.8, 4) is 11.1 Å². The Morgan fingerprint density at radius 2 is 1.80 bits per heavy atom. The number of thioether (sulfide) groups is 1. The number of rotatable bonds is 14. The van der Waals surface area contributed by atoms with Crippen LogP contribution in [0.3, 0.4) is 0 Å². The number of carboxylic acid groups (broad SMARTS) is 1. The Morgan fingerprint density at radius 3 is 2.45 bits per heavy atom. The maximum atomic E-state index is 13.4. The monoisotopic (exact) mass is 558 g/mol. The van der Waals surface area contributed by atoms with Crippen molar-refractivity contribution in [2.45, 2.75) is 90.1 Å². The third-order valence-electron chi connectivity index (χ3n) is 7.68. The van der Waals surface area contributed by atoms with Gasteiger partial charge in [-0.3, -0.25) is 9.59 Å². The van der Waals surface area contributed by atoms with E-state index in [0.717, 1.165) is 54.5 Å². The molecule has 1 aliphatic rings. The number of hydrogen-bond donors (Lipinski definition) is 1. The first-order valence-electron chi connectivity index (χ1n) is 14.3. The summed E-state index contributed by atoms with van der Waals surface area (Å²) in [6, 6.07) is 12.8. The third kappa shape index (κ3) is 9.71. The molecular weight excluding hydrogens is 515 g/mol. The molecule has 6 nitrogen and oxygen atoms in total. The van der Waals surface area contributed by atoms with Gasteiger partial charge in [-0.2, -0.15) is 11.8 Å². The second-order valence-corrected chi connectivity index (χ2v) is 11.5. The molecule has 0 heterocycles. The summed E-state index contributed by atoms with van der Waals surface area (Å²) < 4.78 is 0. The Bertz CT molecular complexity index is 1120. The summed E-state index contributed by atoms with van der Waals surface area (Å²) >= 11 is 1.52. The normalized spacial score (nSPS) is 14.2. The number of nitrogens with one attached hydrogen (secondary N) is 1. The number of carbonyl (C=O) groups is 3. The van der Waals surface area contributed by atoms with Gasteiger partial charge in [0.15, 0.2) is 0 Å². The summed E-state index contributed by atoms with van der Waals surface area (Å²) in [5.41, 5.74) is 4.07. The van der Waals surface area contributed by atoms with Gasteiger partial charge in [0.2, 0.25) is 5.91 Å². The summed E-state index contributed by atoms with van der Waals surface area (Å²) in [6.45, 7) is 4.97. The van der Waals surface area contributed by atoms with Crippen LogP contribution in [0.1, 0.15) is 86.2 Å². The fraction of sp³-hybridized carbons (Fsp3) is 0.531. The molecule has 0 aromatic heterocycles. The van der Waals surface area contributed by atoms with Crippen LogP contribution >= 0.6 is 11.8 Å². The predicted molar refractivity (Wildman–Crippen MR) is 158 cm³/mol. The SMILES string of the molecule is CCCCN(C(=O)CCc1ccc(C(=O)NC(CCSC)C(=O)[O-])c(-c2ccccc2C)c1)C1CCCCC1.[Li+]. The fourth-order valence-electron chi connectivity index (χ4n) is 5.39. The number of carbonyl (C=O) groups excluding carboxylic acids is 3. The molecule has 1 fully saturated rings. The summed E-state index contributed by atoms with van der Waals surface area (Å²) in [4.78, 5) is 40.5. The molecule has 1 saturated carbocycles. The number of hydrogen-bond acceptors (Lipinski definition) is 5. The Morgan fingerprint density at radius 1 is 1.07 bits per heavy atom. The van der Waals surface area contributed by atoms with Crippen LogP contribution in [0.2, 0.25) is 0 Å². The Balaban J connectivity index is 0.00000560. The molecule has 1 N–H and O–H groups in total. The van der Waals surface area contributed by atoms with Gasteiger partial charge in [-0.05, 0) is 79.4 Å². The van der Waals surface area contributed by atoms with Crippen molar-refractivity contribution < 1.29 is 38.4 Å². The Hall–Kier alpha value is -2.20. The molecule has 212 valence electrons. The largest absolute Gasteiger partial charge is 1.00 e. The van der Waals surface area contributed by atoms with Crippen molar-refractivity contribution >= 4 is 29.5 Å². The van der Waals surface area contributed by atoms with Crippen LogP contribution in [0.4, 0.5) is 0 Å². The number of benzene rings is 2. The number of amides is 2. The van der Waals surface area contributed by atoms with Crippen molar-refractivity contribution in [1.82, 2.24) is 10.2 Å². The quantitative estimate of drug-likeness (QED) is 0.359. The van der Waals surface area contributed by atoms with Crippen LogP contribution in [-0.4, -0.2) is 53.3 Å². The van der Waals surface area contributed by atoms with Gasteiger partial charge < -0.3 is 20.1 Å². The zero-order valence-corrected chi connectivity index (χ0v) is 25.5. The standard InChI is InChI=1S/C32H44N2O4S.Li/c1-4-5-20-34(25-12-7-6-8-13-25)30(35)18-16-24-15-17-27(28(22-24)26-14-10-9-11-23(26)2)31(36)33-29(32(37)38)19-21-39-3;/h9-11,14-15,17,22,25,29H,4-8,12-13,16,18-21H2,1-3H3,(H,33,36)(H,37,38);/q;+1/p-1. The molecule has 0 aliphatic heterocycles. The van der Waals surface area contributed by atoms with Crippen LogP contribution in [0, 0.1) is 6.92 Å².